The summed E-state index contributed by atoms with van der Waals surface area (Å²) < 4.78 is 1.82. The Hall–Kier alpha value is -2.47. The van der Waals surface area contributed by atoms with Crippen LogP contribution in [0.1, 0.15) is 27.9 Å². The van der Waals surface area contributed by atoms with Crippen molar-refractivity contribution >= 4 is 17.2 Å². The molecule has 3 rings (SSSR count). The van der Waals surface area contributed by atoms with E-state index in [1.165, 1.54) is 0 Å². The number of carbonyl (C=O) groups excluding carboxylic acids is 1. The van der Waals surface area contributed by atoms with Crippen LogP contribution >= 0.6 is 11.3 Å². The molecule has 5 nitrogen and oxygen atoms in total. The summed E-state index contributed by atoms with van der Waals surface area (Å²) in [5.41, 5.74) is 5.31. The maximum atomic E-state index is 12.4. The SMILES string of the molecule is CCn1ncc(C(=O)NCc2scnc2-c2ccccc2)c1C. The molecule has 0 spiro atoms. The Labute approximate surface area is 139 Å². The van der Waals surface area contributed by atoms with Gasteiger partial charge in [0.1, 0.15) is 0 Å². The summed E-state index contributed by atoms with van der Waals surface area (Å²) in [5.74, 6) is -0.102. The van der Waals surface area contributed by atoms with Gasteiger partial charge in [-0.1, -0.05) is 30.3 Å². The van der Waals surface area contributed by atoms with E-state index in [9.17, 15) is 4.79 Å². The van der Waals surface area contributed by atoms with Gasteiger partial charge in [-0.3, -0.25) is 9.48 Å². The fourth-order valence-corrected chi connectivity index (χ4v) is 3.19. The lowest BCUT2D eigenvalue weighted by molar-refractivity contribution is 0.0950. The van der Waals surface area contributed by atoms with Crippen LogP contribution in [0.2, 0.25) is 0 Å². The lowest BCUT2D eigenvalue weighted by Crippen LogP contribution is -2.23. The van der Waals surface area contributed by atoms with Gasteiger partial charge in [0.25, 0.3) is 5.91 Å². The maximum Gasteiger partial charge on any atom is 0.255 e. The van der Waals surface area contributed by atoms with Crippen LogP contribution in [0.4, 0.5) is 0 Å². The van der Waals surface area contributed by atoms with Crippen molar-refractivity contribution in [1.29, 1.82) is 0 Å². The first kappa shape index (κ1) is 15.4. The van der Waals surface area contributed by atoms with Gasteiger partial charge < -0.3 is 5.32 Å². The van der Waals surface area contributed by atoms with Crippen molar-refractivity contribution in [2.75, 3.05) is 0 Å². The molecule has 0 radical (unpaired) electrons. The summed E-state index contributed by atoms with van der Waals surface area (Å²) in [6.45, 7) is 5.13. The van der Waals surface area contributed by atoms with Crippen LogP contribution in [0.5, 0.6) is 0 Å². The molecule has 23 heavy (non-hydrogen) atoms. The predicted octanol–water partition coefficient (Wildman–Crippen LogP) is 3.26. The monoisotopic (exact) mass is 326 g/mol. The van der Waals surface area contributed by atoms with Gasteiger partial charge in [0, 0.05) is 17.8 Å². The fourth-order valence-electron chi connectivity index (χ4n) is 2.47. The largest absolute Gasteiger partial charge is 0.347 e. The Morgan fingerprint density at radius 2 is 2.09 bits per heavy atom. The molecule has 3 aromatic rings. The van der Waals surface area contributed by atoms with Crippen LogP contribution in [0, 0.1) is 6.92 Å². The highest BCUT2D eigenvalue weighted by Gasteiger charge is 2.15. The molecule has 0 atom stereocenters. The van der Waals surface area contributed by atoms with E-state index in [-0.39, 0.29) is 5.91 Å². The van der Waals surface area contributed by atoms with Crippen LogP contribution in [0.3, 0.4) is 0 Å². The third kappa shape index (κ3) is 3.17. The number of aromatic nitrogens is 3. The molecule has 0 aliphatic rings. The summed E-state index contributed by atoms with van der Waals surface area (Å²) >= 11 is 1.55. The zero-order valence-electron chi connectivity index (χ0n) is 13.1. The average Bonchev–Trinajstić information content (AvgIpc) is 3.19. The molecule has 0 aliphatic heterocycles. The lowest BCUT2D eigenvalue weighted by Gasteiger charge is -2.06. The third-order valence-electron chi connectivity index (χ3n) is 3.74. The molecular weight excluding hydrogens is 308 g/mol. The van der Waals surface area contributed by atoms with Crippen LogP contribution in [-0.4, -0.2) is 20.7 Å². The molecule has 0 unspecified atom stereocenters. The first-order valence-corrected chi connectivity index (χ1v) is 8.37. The van der Waals surface area contributed by atoms with Crippen LogP contribution in [0.15, 0.2) is 42.0 Å². The van der Waals surface area contributed by atoms with Crippen LogP contribution in [0.25, 0.3) is 11.3 Å². The molecule has 1 amide bonds. The van der Waals surface area contributed by atoms with Gasteiger partial charge in [0.2, 0.25) is 0 Å². The van der Waals surface area contributed by atoms with Crippen molar-refractivity contribution in [2.24, 2.45) is 0 Å². The second-order valence-electron chi connectivity index (χ2n) is 5.13. The van der Waals surface area contributed by atoms with Crippen molar-refractivity contribution in [3.63, 3.8) is 0 Å². The molecule has 0 fully saturated rings. The molecule has 1 aromatic carbocycles. The number of carbonyl (C=O) groups is 1. The minimum atomic E-state index is -0.102. The Morgan fingerprint density at radius 1 is 1.30 bits per heavy atom. The third-order valence-corrected chi connectivity index (χ3v) is 4.58. The number of hydrogen-bond donors (Lipinski definition) is 1. The van der Waals surface area contributed by atoms with Crippen molar-refractivity contribution in [1.82, 2.24) is 20.1 Å². The van der Waals surface area contributed by atoms with Crippen LogP contribution < -0.4 is 5.32 Å². The van der Waals surface area contributed by atoms with E-state index < -0.39 is 0 Å². The quantitative estimate of drug-likeness (QED) is 0.783. The molecule has 2 aromatic heterocycles. The Bertz CT molecular complexity index is 807. The summed E-state index contributed by atoms with van der Waals surface area (Å²) in [7, 11) is 0. The van der Waals surface area contributed by atoms with Gasteiger partial charge in [0.05, 0.1) is 34.4 Å². The average molecular weight is 326 g/mol. The standard InChI is InChI=1S/C17H18N4OS/c1-3-21-12(2)14(9-20-21)17(22)18-10-15-16(19-11-23-15)13-7-5-4-6-8-13/h4-9,11H,3,10H2,1-2H3,(H,18,22). The van der Waals surface area contributed by atoms with Crippen molar-refractivity contribution in [2.45, 2.75) is 26.9 Å². The van der Waals surface area contributed by atoms with E-state index in [2.05, 4.69) is 15.4 Å². The van der Waals surface area contributed by atoms with Gasteiger partial charge in [-0.05, 0) is 13.8 Å². The maximum absolute atomic E-state index is 12.4. The normalized spacial score (nSPS) is 10.7. The Morgan fingerprint density at radius 3 is 2.78 bits per heavy atom. The first-order chi connectivity index (χ1) is 11.2. The number of rotatable bonds is 5. The minimum absolute atomic E-state index is 0.102. The number of aryl methyl sites for hydroxylation is 1. The molecule has 0 aliphatic carbocycles. The number of benzene rings is 1. The molecule has 6 heteroatoms. The highest BCUT2D eigenvalue weighted by molar-refractivity contribution is 7.10. The smallest absolute Gasteiger partial charge is 0.255 e. The lowest BCUT2D eigenvalue weighted by atomic mass is 10.1. The molecule has 0 saturated heterocycles. The topological polar surface area (TPSA) is 59.8 Å². The molecule has 0 bridgehead atoms. The first-order valence-electron chi connectivity index (χ1n) is 7.49. The zero-order valence-corrected chi connectivity index (χ0v) is 13.9. The van der Waals surface area contributed by atoms with E-state index in [0.717, 1.165) is 28.4 Å². The minimum Gasteiger partial charge on any atom is -0.347 e. The van der Waals surface area contributed by atoms with Crippen molar-refractivity contribution in [3.8, 4) is 11.3 Å². The van der Waals surface area contributed by atoms with Gasteiger partial charge in [-0.15, -0.1) is 11.3 Å². The number of nitrogens with one attached hydrogen (secondary N) is 1. The Balaban J connectivity index is 1.73. The molecule has 1 N–H and O–H groups in total. The highest BCUT2D eigenvalue weighted by atomic mass is 32.1. The van der Waals surface area contributed by atoms with Crippen molar-refractivity contribution in [3.05, 3.63) is 58.2 Å². The fraction of sp³-hybridized carbons (Fsp3) is 0.235. The number of thiazole rings is 1. The zero-order chi connectivity index (χ0) is 16.2. The molecule has 0 saturated carbocycles. The van der Waals surface area contributed by atoms with Gasteiger partial charge >= 0.3 is 0 Å². The van der Waals surface area contributed by atoms with E-state index in [1.54, 1.807) is 17.5 Å². The molecular formula is C17H18N4OS. The van der Waals surface area contributed by atoms with Crippen molar-refractivity contribution < 1.29 is 4.79 Å². The van der Waals surface area contributed by atoms with Crippen LogP contribution in [-0.2, 0) is 13.1 Å². The number of nitrogens with zero attached hydrogens (tertiary/aromatic N) is 3. The van der Waals surface area contributed by atoms with E-state index >= 15 is 0 Å². The van der Waals surface area contributed by atoms with Gasteiger partial charge in [-0.2, -0.15) is 5.10 Å². The van der Waals surface area contributed by atoms with E-state index in [1.807, 2.05) is 54.4 Å². The van der Waals surface area contributed by atoms with Gasteiger partial charge in [0.15, 0.2) is 0 Å². The predicted molar refractivity (Wildman–Crippen MR) is 91.4 cm³/mol. The van der Waals surface area contributed by atoms with Gasteiger partial charge in [-0.25, -0.2) is 4.98 Å². The summed E-state index contributed by atoms with van der Waals surface area (Å²) in [5, 5.41) is 7.18. The summed E-state index contributed by atoms with van der Waals surface area (Å²) in [6.07, 6.45) is 1.62. The molecule has 2 heterocycles. The number of hydrogen-bond acceptors (Lipinski definition) is 4. The second-order valence-corrected chi connectivity index (χ2v) is 6.07. The number of amides is 1. The Kier molecular flexibility index (Phi) is 4.52. The summed E-state index contributed by atoms with van der Waals surface area (Å²) in [6, 6.07) is 10.00. The van der Waals surface area contributed by atoms with E-state index in [0.29, 0.717) is 12.1 Å². The molecule has 118 valence electrons. The van der Waals surface area contributed by atoms with E-state index in [4.69, 9.17) is 0 Å². The second kappa shape index (κ2) is 6.75. The summed E-state index contributed by atoms with van der Waals surface area (Å²) in [4.78, 5) is 17.8. The highest BCUT2D eigenvalue weighted by Crippen LogP contribution is 2.25.